The highest BCUT2D eigenvalue weighted by molar-refractivity contribution is 4.81. The summed E-state index contributed by atoms with van der Waals surface area (Å²) in [6.07, 6.45) is 11.4. The molecular formula is C13H26N2. The molecule has 2 rings (SSSR count). The van der Waals surface area contributed by atoms with Gasteiger partial charge in [0.2, 0.25) is 0 Å². The molecule has 0 radical (unpaired) electrons. The average molecular weight is 210 g/mol. The second-order valence-electron chi connectivity index (χ2n) is 5.43. The number of nitrogens with two attached hydrogens (primary N) is 1. The Labute approximate surface area is 94.0 Å². The Kier molecular flexibility index (Phi) is 4.45. The van der Waals surface area contributed by atoms with Crippen LogP contribution in [0, 0.1) is 11.8 Å². The van der Waals surface area contributed by atoms with Gasteiger partial charge in [-0.1, -0.05) is 25.7 Å². The second-order valence-corrected chi connectivity index (χ2v) is 5.43. The van der Waals surface area contributed by atoms with Gasteiger partial charge in [0.05, 0.1) is 0 Å². The van der Waals surface area contributed by atoms with Crippen molar-refractivity contribution in [2.75, 3.05) is 13.1 Å². The summed E-state index contributed by atoms with van der Waals surface area (Å²) < 4.78 is 0. The van der Waals surface area contributed by atoms with Crippen molar-refractivity contribution in [1.29, 1.82) is 0 Å². The fourth-order valence-electron chi connectivity index (χ4n) is 2.89. The second kappa shape index (κ2) is 5.86. The SMILES string of the molecule is NCC(NCCCC1CC1)C1CCCC1. The molecule has 0 saturated heterocycles. The van der Waals surface area contributed by atoms with Gasteiger partial charge in [0.25, 0.3) is 0 Å². The van der Waals surface area contributed by atoms with Crippen molar-refractivity contribution in [2.45, 2.75) is 57.4 Å². The van der Waals surface area contributed by atoms with Crippen LogP contribution < -0.4 is 11.1 Å². The molecule has 2 nitrogen and oxygen atoms in total. The third kappa shape index (κ3) is 3.76. The maximum atomic E-state index is 5.84. The van der Waals surface area contributed by atoms with E-state index in [0.29, 0.717) is 6.04 Å². The van der Waals surface area contributed by atoms with Crippen LogP contribution >= 0.6 is 0 Å². The van der Waals surface area contributed by atoms with Crippen molar-refractivity contribution < 1.29 is 0 Å². The lowest BCUT2D eigenvalue weighted by Crippen LogP contribution is -2.41. The first-order valence-corrected chi connectivity index (χ1v) is 6.83. The van der Waals surface area contributed by atoms with E-state index < -0.39 is 0 Å². The minimum Gasteiger partial charge on any atom is -0.329 e. The van der Waals surface area contributed by atoms with Crippen molar-refractivity contribution in [3.05, 3.63) is 0 Å². The Morgan fingerprint density at radius 3 is 2.47 bits per heavy atom. The maximum absolute atomic E-state index is 5.84. The van der Waals surface area contributed by atoms with E-state index in [2.05, 4.69) is 5.32 Å². The minimum atomic E-state index is 0.603. The Morgan fingerprint density at radius 2 is 1.87 bits per heavy atom. The van der Waals surface area contributed by atoms with Crippen LogP contribution in [0.15, 0.2) is 0 Å². The van der Waals surface area contributed by atoms with Crippen LogP contribution in [0.1, 0.15) is 51.4 Å². The molecule has 1 atom stereocenters. The maximum Gasteiger partial charge on any atom is 0.0218 e. The van der Waals surface area contributed by atoms with E-state index >= 15 is 0 Å². The predicted octanol–water partition coefficient (Wildman–Crippen LogP) is 2.28. The van der Waals surface area contributed by atoms with Gasteiger partial charge in [0, 0.05) is 12.6 Å². The smallest absolute Gasteiger partial charge is 0.0218 e. The predicted molar refractivity (Wildman–Crippen MR) is 64.8 cm³/mol. The van der Waals surface area contributed by atoms with Crippen LogP contribution in [0.3, 0.4) is 0 Å². The lowest BCUT2D eigenvalue weighted by atomic mass is 9.98. The molecule has 1 unspecified atom stereocenters. The van der Waals surface area contributed by atoms with Gasteiger partial charge in [-0.25, -0.2) is 0 Å². The average Bonchev–Trinajstić information content (AvgIpc) is 2.92. The van der Waals surface area contributed by atoms with Gasteiger partial charge in [0.1, 0.15) is 0 Å². The number of rotatable bonds is 7. The first-order chi connectivity index (χ1) is 7.40. The van der Waals surface area contributed by atoms with Crippen LogP contribution in [0.4, 0.5) is 0 Å². The summed E-state index contributed by atoms with van der Waals surface area (Å²) in [4.78, 5) is 0. The van der Waals surface area contributed by atoms with E-state index in [0.717, 1.165) is 18.4 Å². The fourth-order valence-corrected chi connectivity index (χ4v) is 2.89. The summed E-state index contributed by atoms with van der Waals surface area (Å²) in [5.41, 5.74) is 5.84. The zero-order chi connectivity index (χ0) is 10.5. The van der Waals surface area contributed by atoms with Gasteiger partial charge in [0.15, 0.2) is 0 Å². The highest BCUT2D eigenvalue weighted by atomic mass is 14.9. The zero-order valence-corrected chi connectivity index (χ0v) is 9.88. The van der Waals surface area contributed by atoms with Crippen LogP contribution in [-0.2, 0) is 0 Å². The molecule has 2 aliphatic rings. The molecule has 0 aromatic carbocycles. The van der Waals surface area contributed by atoms with Gasteiger partial charge in [-0.2, -0.15) is 0 Å². The van der Waals surface area contributed by atoms with Crippen LogP contribution in [0.2, 0.25) is 0 Å². The molecule has 2 saturated carbocycles. The molecule has 0 aliphatic heterocycles. The molecule has 0 spiro atoms. The van der Waals surface area contributed by atoms with E-state index in [-0.39, 0.29) is 0 Å². The largest absolute Gasteiger partial charge is 0.329 e. The van der Waals surface area contributed by atoms with E-state index in [1.54, 1.807) is 0 Å². The lowest BCUT2D eigenvalue weighted by molar-refractivity contribution is 0.360. The third-order valence-electron chi connectivity index (χ3n) is 4.12. The summed E-state index contributed by atoms with van der Waals surface area (Å²) in [5, 5.41) is 3.67. The van der Waals surface area contributed by atoms with Gasteiger partial charge < -0.3 is 11.1 Å². The first-order valence-electron chi connectivity index (χ1n) is 6.83. The van der Waals surface area contributed by atoms with Crippen molar-refractivity contribution in [3.63, 3.8) is 0 Å². The van der Waals surface area contributed by atoms with E-state index in [1.165, 1.54) is 57.9 Å². The summed E-state index contributed by atoms with van der Waals surface area (Å²) in [6.45, 7) is 2.02. The minimum absolute atomic E-state index is 0.603. The normalized spacial score (nSPS) is 24.6. The fraction of sp³-hybridized carbons (Fsp3) is 1.00. The third-order valence-corrected chi connectivity index (χ3v) is 4.12. The molecule has 2 heteroatoms. The number of hydrogen-bond acceptors (Lipinski definition) is 2. The molecule has 2 fully saturated rings. The summed E-state index contributed by atoms with van der Waals surface area (Å²) in [6, 6.07) is 0.603. The molecule has 0 aromatic heterocycles. The number of hydrogen-bond donors (Lipinski definition) is 2. The van der Waals surface area contributed by atoms with Crippen molar-refractivity contribution in [3.8, 4) is 0 Å². The molecule has 0 aromatic rings. The summed E-state index contributed by atoms with van der Waals surface area (Å²) in [5.74, 6) is 1.95. The quantitative estimate of drug-likeness (QED) is 0.633. The van der Waals surface area contributed by atoms with E-state index in [9.17, 15) is 0 Å². The molecule has 88 valence electrons. The Morgan fingerprint density at radius 1 is 1.13 bits per heavy atom. The van der Waals surface area contributed by atoms with Gasteiger partial charge in [-0.05, 0) is 44.1 Å². The van der Waals surface area contributed by atoms with Crippen molar-refractivity contribution in [2.24, 2.45) is 17.6 Å². The van der Waals surface area contributed by atoms with Crippen molar-refractivity contribution >= 4 is 0 Å². The molecular weight excluding hydrogens is 184 g/mol. The first kappa shape index (κ1) is 11.4. The van der Waals surface area contributed by atoms with E-state index in [1.807, 2.05) is 0 Å². The standard InChI is InChI=1S/C13H26N2/c14-10-13(12-5-1-2-6-12)15-9-3-4-11-7-8-11/h11-13,15H,1-10,14H2. The van der Waals surface area contributed by atoms with Gasteiger partial charge >= 0.3 is 0 Å². The molecule has 0 bridgehead atoms. The van der Waals surface area contributed by atoms with Crippen molar-refractivity contribution in [1.82, 2.24) is 5.32 Å². The summed E-state index contributed by atoms with van der Waals surface area (Å²) in [7, 11) is 0. The van der Waals surface area contributed by atoms with Crippen LogP contribution in [-0.4, -0.2) is 19.1 Å². The lowest BCUT2D eigenvalue weighted by Gasteiger charge is -2.23. The highest BCUT2D eigenvalue weighted by Gasteiger charge is 2.24. The van der Waals surface area contributed by atoms with E-state index in [4.69, 9.17) is 5.73 Å². The highest BCUT2D eigenvalue weighted by Crippen LogP contribution is 2.33. The Bertz CT molecular complexity index is 171. The Balaban J connectivity index is 1.56. The van der Waals surface area contributed by atoms with Gasteiger partial charge in [-0.3, -0.25) is 0 Å². The molecule has 15 heavy (non-hydrogen) atoms. The molecule has 2 aliphatic carbocycles. The monoisotopic (exact) mass is 210 g/mol. The molecule has 3 N–H and O–H groups in total. The van der Waals surface area contributed by atoms with Gasteiger partial charge in [-0.15, -0.1) is 0 Å². The van der Waals surface area contributed by atoms with Crippen LogP contribution in [0.25, 0.3) is 0 Å². The Hall–Kier alpha value is -0.0800. The summed E-state index contributed by atoms with van der Waals surface area (Å²) >= 11 is 0. The number of nitrogens with one attached hydrogen (secondary N) is 1. The molecule has 0 amide bonds. The molecule has 0 heterocycles. The van der Waals surface area contributed by atoms with Crippen LogP contribution in [0.5, 0.6) is 0 Å². The topological polar surface area (TPSA) is 38.0 Å². The zero-order valence-electron chi connectivity index (χ0n) is 9.88.